The highest BCUT2D eigenvalue weighted by molar-refractivity contribution is 6.30. The van der Waals surface area contributed by atoms with E-state index in [1.165, 1.54) is 12.1 Å². The largest absolute Gasteiger partial charge is 0.489 e. The predicted octanol–water partition coefficient (Wildman–Crippen LogP) is 3.29. The van der Waals surface area contributed by atoms with Crippen molar-refractivity contribution in [2.45, 2.75) is 13.2 Å². The second-order valence-corrected chi connectivity index (χ2v) is 4.61. The summed E-state index contributed by atoms with van der Waals surface area (Å²) in [6.45, 7) is 0.543. The first-order chi connectivity index (χ1) is 9.60. The molecule has 0 saturated carbocycles. The number of nitrogens with two attached hydrogens (primary N) is 1. The van der Waals surface area contributed by atoms with Crippen LogP contribution in [0.5, 0.6) is 5.75 Å². The second kappa shape index (κ2) is 6.36. The molecular formula is C14H13ClN2O3. The lowest BCUT2D eigenvalue weighted by Crippen LogP contribution is -2.03. The van der Waals surface area contributed by atoms with Gasteiger partial charge in [0.15, 0.2) is 0 Å². The Kier molecular flexibility index (Phi) is 4.55. The van der Waals surface area contributed by atoms with Gasteiger partial charge in [0.05, 0.1) is 4.92 Å². The number of hydrogen-bond acceptors (Lipinski definition) is 4. The van der Waals surface area contributed by atoms with Gasteiger partial charge in [-0.3, -0.25) is 10.1 Å². The summed E-state index contributed by atoms with van der Waals surface area (Å²) in [5.74, 6) is 0.628. The lowest BCUT2D eigenvalue weighted by molar-refractivity contribution is -0.384. The smallest absolute Gasteiger partial charge is 0.269 e. The van der Waals surface area contributed by atoms with Crippen molar-refractivity contribution in [2.75, 3.05) is 0 Å². The molecular weight excluding hydrogens is 280 g/mol. The molecule has 0 unspecified atom stereocenters. The van der Waals surface area contributed by atoms with Gasteiger partial charge in [-0.25, -0.2) is 0 Å². The van der Waals surface area contributed by atoms with Crippen LogP contribution in [-0.2, 0) is 13.2 Å². The molecule has 0 fully saturated rings. The molecule has 0 bridgehead atoms. The van der Waals surface area contributed by atoms with Gasteiger partial charge in [0.2, 0.25) is 0 Å². The molecule has 0 aromatic heterocycles. The van der Waals surface area contributed by atoms with Crippen LogP contribution in [0, 0.1) is 10.1 Å². The van der Waals surface area contributed by atoms with Gasteiger partial charge in [0.25, 0.3) is 5.69 Å². The third-order valence-corrected chi connectivity index (χ3v) is 2.99. The third-order valence-electron chi connectivity index (χ3n) is 2.76. The minimum absolute atomic E-state index is 0.0428. The zero-order valence-corrected chi connectivity index (χ0v) is 11.3. The van der Waals surface area contributed by atoms with Crippen LogP contribution in [-0.4, -0.2) is 4.92 Å². The molecule has 104 valence electrons. The number of nitro groups is 1. The van der Waals surface area contributed by atoms with Gasteiger partial charge in [0, 0.05) is 29.3 Å². The summed E-state index contributed by atoms with van der Waals surface area (Å²) in [4.78, 5) is 10.3. The molecule has 2 aromatic rings. The number of non-ortho nitro benzene ring substituents is 1. The molecule has 0 aliphatic heterocycles. The van der Waals surface area contributed by atoms with E-state index in [1.54, 1.807) is 30.3 Å². The van der Waals surface area contributed by atoms with Crippen LogP contribution in [0.2, 0.25) is 5.02 Å². The maximum absolute atomic E-state index is 10.7. The maximum atomic E-state index is 10.7. The van der Waals surface area contributed by atoms with Crippen molar-refractivity contribution in [3.8, 4) is 5.75 Å². The standard InChI is InChI=1S/C14H13ClN2O3/c15-12-4-5-14(11(7-12)8-16)20-9-10-2-1-3-13(6-10)17(18)19/h1-7H,8-9,16H2. The molecule has 0 aliphatic carbocycles. The monoisotopic (exact) mass is 292 g/mol. The summed E-state index contributed by atoms with van der Waals surface area (Å²) < 4.78 is 5.64. The van der Waals surface area contributed by atoms with E-state index in [4.69, 9.17) is 22.1 Å². The van der Waals surface area contributed by atoms with Crippen molar-refractivity contribution in [3.05, 3.63) is 68.7 Å². The minimum Gasteiger partial charge on any atom is -0.489 e. The summed E-state index contributed by atoms with van der Waals surface area (Å²) in [6, 6.07) is 11.5. The minimum atomic E-state index is -0.433. The highest BCUT2D eigenvalue weighted by Gasteiger charge is 2.07. The summed E-state index contributed by atoms with van der Waals surface area (Å²) in [5, 5.41) is 11.3. The molecule has 20 heavy (non-hydrogen) atoms. The molecule has 0 aliphatic rings. The van der Waals surface area contributed by atoms with Crippen molar-refractivity contribution < 1.29 is 9.66 Å². The summed E-state index contributed by atoms with van der Waals surface area (Å²) in [6.07, 6.45) is 0. The van der Waals surface area contributed by atoms with Crippen molar-refractivity contribution >= 4 is 17.3 Å². The van der Waals surface area contributed by atoms with Gasteiger partial charge in [0.1, 0.15) is 12.4 Å². The number of nitrogens with zero attached hydrogens (tertiary/aromatic N) is 1. The maximum Gasteiger partial charge on any atom is 0.269 e. The first-order valence-electron chi connectivity index (χ1n) is 5.95. The fourth-order valence-electron chi connectivity index (χ4n) is 1.77. The number of ether oxygens (including phenoxy) is 1. The van der Waals surface area contributed by atoms with Crippen LogP contribution in [0.4, 0.5) is 5.69 Å². The predicted molar refractivity (Wildman–Crippen MR) is 76.8 cm³/mol. The van der Waals surface area contributed by atoms with Crippen molar-refractivity contribution in [1.29, 1.82) is 0 Å². The van der Waals surface area contributed by atoms with Crippen molar-refractivity contribution in [3.63, 3.8) is 0 Å². The lowest BCUT2D eigenvalue weighted by Gasteiger charge is -2.10. The van der Waals surface area contributed by atoms with Crippen LogP contribution in [0.1, 0.15) is 11.1 Å². The van der Waals surface area contributed by atoms with E-state index in [1.807, 2.05) is 0 Å². The third kappa shape index (κ3) is 3.46. The number of rotatable bonds is 5. The molecule has 0 radical (unpaired) electrons. The van der Waals surface area contributed by atoms with Gasteiger partial charge in [-0.1, -0.05) is 23.7 Å². The SMILES string of the molecule is NCc1cc(Cl)ccc1OCc1cccc([N+](=O)[O-])c1. The Labute approximate surface area is 121 Å². The lowest BCUT2D eigenvalue weighted by atomic mass is 10.2. The molecule has 0 saturated heterocycles. The Morgan fingerprint density at radius 3 is 2.75 bits per heavy atom. The van der Waals surface area contributed by atoms with Gasteiger partial charge >= 0.3 is 0 Å². The van der Waals surface area contributed by atoms with Gasteiger partial charge in [-0.2, -0.15) is 0 Å². The topological polar surface area (TPSA) is 78.4 Å². The Morgan fingerprint density at radius 2 is 2.05 bits per heavy atom. The molecule has 6 heteroatoms. The van der Waals surface area contributed by atoms with Gasteiger partial charge < -0.3 is 10.5 Å². The highest BCUT2D eigenvalue weighted by Crippen LogP contribution is 2.24. The van der Waals surface area contributed by atoms with Crippen molar-refractivity contribution in [1.82, 2.24) is 0 Å². The first kappa shape index (κ1) is 14.3. The van der Waals surface area contributed by atoms with E-state index in [0.29, 0.717) is 17.3 Å². The summed E-state index contributed by atoms with van der Waals surface area (Å²) >= 11 is 5.88. The normalized spacial score (nSPS) is 10.3. The fourth-order valence-corrected chi connectivity index (χ4v) is 1.96. The van der Waals surface area contributed by atoms with E-state index < -0.39 is 4.92 Å². The van der Waals surface area contributed by atoms with E-state index >= 15 is 0 Å². The number of halogens is 1. The van der Waals surface area contributed by atoms with Crippen molar-refractivity contribution in [2.24, 2.45) is 5.73 Å². The van der Waals surface area contributed by atoms with Gasteiger partial charge in [-0.05, 0) is 23.8 Å². The molecule has 0 heterocycles. The molecule has 0 spiro atoms. The molecule has 2 rings (SSSR count). The molecule has 0 amide bonds. The number of nitro benzene ring substituents is 1. The molecule has 2 N–H and O–H groups in total. The zero-order valence-electron chi connectivity index (χ0n) is 10.6. The second-order valence-electron chi connectivity index (χ2n) is 4.17. The van der Waals surface area contributed by atoms with Crippen LogP contribution in [0.3, 0.4) is 0 Å². The van der Waals surface area contributed by atoms with Crippen LogP contribution >= 0.6 is 11.6 Å². The Morgan fingerprint density at radius 1 is 1.25 bits per heavy atom. The zero-order chi connectivity index (χ0) is 14.5. The van der Waals surface area contributed by atoms with E-state index in [0.717, 1.165) is 11.1 Å². The Hall–Kier alpha value is -2.11. The summed E-state index contributed by atoms with van der Waals surface area (Å²) in [5.41, 5.74) is 7.18. The fraction of sp³-hybridized carbons (Fsp3) is 0.143. The average Bonchev–Trinajstić information content (AvgIpc) is 2.46. The van der Waals surface area contributed by atoms with Crippen LogP contribution in [0.25, 0.3) is 0 Å². The number of hydrogen-bond donors (Lipinski definition) is 1. The highest BCUT2D eigenvalue weighted by atomic mass is 35.5. The Bertz CT molecular complexity index is 632. The number of benzene rings is 2. The van der Waals surface area contributed by atoms with E-state index in [9.17, 15) is 10.1 Å². The average molecular weight is 293 g/mol. The molecule has 2 aromatic carbocycles. The molecule has 0 atom stereocenters. The quantitative estimate of drug-likeness (QED) is 0.677. The van der Waals surface area contributed by atoms with E-state index in [2.05, 4.69) is 0 Å². The summed E-state index contributed by atoms with van der Waals surface area (Å²) in [7, 11) is 0. The van der Waals surface area contributed by atoms with Gasteiger partial charge in [-0.15, -0.1) is 0 Å². The molecule has 5 nitrogen and oxygen atoms in total. The Balaban J connectivity index is 2.12. The van der Waals surface area contributed by atoms with Crippen LogP contribution < -0.4 is 10.5 Å². The van der Waals surface area contributed by atoms with Crippen LogP contribution in [0.15, 0.2) is 42.5 Å². The first-order valence-corrected chi connectivity index (χ1v) is 6.32. The van der Waals surface area contributed by atoms with E-state index in [-0.39, 0.29) is 12.3 Å².